The van der Waals surface area contributed by atoms with Gasteiger partial charge in [-0.25, -0.2) is 35.1 Å². The van der Waals surface area contributed by atoms with Gasteiger partial charge in [-0.15, -0.1) is 0 Å². The van der Waals surface area contributed by atoms with Crippen LogP contribution < -0.4 is 4.72 Å². The summed E-state index contributed by atoms with van der Waals surface area (Å²) in [6.07, 6.45) is 0.0766. The van der Waals surface area contributed by atoms with E-state index in [1.54, 1.807) is 0 Å². The fraction of sp³-hybridized carbons (Fsp3) is 0.458. The number of amides is 1. The number of carbonyl (C=O) groups is 1. The molecule has 1 heterocycles. The summed E-state index contributed by atoms with van der Waals surface area (Å²) in [6, 6.07) is 3.31. The van der Waals surface area contributed by atoms with Gasteiger partial charge >= 0.3 is 0 Å². The third-order valence-electron chi connectivity index (χ3n) is 6.90. The molecule has 0 unspecified atom stereocenters. The normalized spacial score (nSPS) is 22.9. The van der Waals surface area contributed by atoms with Crippen LogP contribution in [-0.2, 0) is 21.2 Å². The van der Waals surface area contributed by atoms with Crippen molar-refractivity contribution >= 4 is 15.9 Å². The lowest BCUT2D eigenvalue weighted by Gasteiger charge is -2.40. The standard InChI is InChI=1S/C24H25F5N2O4S/c1-2-36(34,35)30-21-18(31(13-24(21,28)29)22(32)23(33)10-5-11-23)12-14-6-3-7-15(19(14)26)16-8-4-9-17(25)20(16)27/h3-4,6-9,18,21,30,33H,2,5,10-13H2,1H3/t18-,21+/m0/s1. The molecule has 2 aromatic rings. The SMILES string of the molecule is CCS(=O)(=O)N[C@@H]1[C@H](Cc2cccc(-c3cccc(F)c3F)c2F)N(C(=O)C2(O)CCC2)CC1(F)F. The van der Waals surface area contributed by atoms with Gasteiger partial charge in [-0.05, 0) is 44.2 Å². The molecule has 12 heteroatoms. The maximum Gasteiger partial charge on any atom is 0.283 e. The fourth-order valence-electron chi connectivity index (χ4n) is 4.67. The molecule has 0 bridgehead atoms. The molecule has 36 heavy (non-hydrogen) atoms. The van der Waals surface area contributed by atoms with Crippen molar-refractivity contribution in [1.82, 2.24) is 9.62 Å². The second kappa shape index (κ2) is 9.38. The van der Waals surface area contributed by atoms with E-state index in [1.807, 2.05) is 4.72 Å². The Hall–Kier alpha value is -2.57. The molecule has 0 radical (unpaired) electrons. The number of halogens is 5. The Kier molecular flexibility index (Phi) is 6.91. The largest absolute Gasteiger partial charge is 0.380 e. The van der Waals surface area contributed by atoms with Crippen molar-refractivity contribution < 1.29 is 40.3 Å². The number of aliphatic hydroxyl groups is 1. The Morgan fingerprint density at radius 2 is 1.69 bits per heavy atom. The molecule has 1 aliphatic carbocycles. The minimum absolute atomic E-state index is 0.0642. The molecule has 2 fully saturated rings. The lowest BCUT2D eigenvalue weighted by atomic mass is 9.79. The van der Waals surface area contributed by atoms with Gasteiger partial charge in [0.05, 0.1) is 18.3 Å². The molecule has 196 valence electrons. The zero-order chi connectivity index (χ0) is 26.5. The van der Waals surface area contributed by atoms with Gasteiger partial charge in [0.15, 0.2) is 11.6 Å². The molecule has 4 rings (SSSR count). The minimum Gasteiger partial charge on any atom is -0.380 e. The average Bonchev–Trinajstić information content (AvgIpc) is 3.04. The zero-order valence-corrected chi connectivity index (χ0v) is 20.1. The molecule has 2 N–H and O–H groups in total. The van der Waals surface area contributed by atoms with Crippen molar-refractivity contribution in [1.29, 1.82) is 0 Å². The number of sulfonamides is 1. The van der Waals surface area contributed by atoms with Crippen LogP contribution in [0.15, 0.2) is 36.4 Å². The van der Waals surface area contributed by atoms with Crippen LogP contribution in [0.5, 0.6) is 0 Å². The number of likely N-dealkylation sites (tertiary alicyclic amines) is 1. The Morgan fingerprint density at radius 1 is 1.08 bits per heavy atom. The van der Waals surface area contributed by atoms with Crippen molar-refractivity contribution in [3.8, 4) is 11.1 Å². The van der Waals surface area contributed by atoms with E-state index in [2.05, 4.69) is 0 Å². The second-order valence-corrected chi connectivity index (χ2v) is 11.3. The Labute approximate surface area is 205 Å². The maximum absolute atomic E-state index is 15.5. The van der Waals surface area contributed by atoms with Crippen molar-refractivity contribution in [3.63, 3.8) is 0 Å². The predicted molar refractivity (Wildman–Crippen MR) is 121 cm³/mol. The number of nitrogens with one attached hydrogen (secondary N) is 1. The van der Waals surface area contributed by atoms with Crippen LogP contribution in [0.1, 0.15) is 31.7 Å². The van der Waals surface area contributed by atoms with E-state index in [1.165, 1.54) is 31.2 Å². The smallest absolute Gasteiger partial charge is 0.283 e. The van der Waals surface area contributed by atoms with E-state index >= 15 is 13.2 Å². The third kappa shape index (κ3) is 4.73. The van der Waals surface area contributed by atoms with Crippen LogP contribution in [0, 0.1) is 17.5 Å². The van der Waals surface area contributed by atoms with Crippen LogP contribution >= 0.6 is 0 Å². The van der Waals surface area contributed by atoms with Crippen molar-refractivity contribution in [2.45, 2.75) is 56.2 Å². The van der Waals surface area contributed by atoms with Gasteiger partial charge in [0.1, 0.15) is 17.5 Å². The van der Waals surface area contributed by atoms with E-state index in [9.17, 15) is 27.1 Å². The quantitative estimate of drug-likeness (QED) is 0.536. The summed E-state index contributed by atoms with van der Waals surface area (Å²) in [4.78, 5) is 13.8. The van der Waals surface area contributed by atoms with Gasteiger partial charge < -0.3 is 10.0 Å². The molecule has 1 aliphatic heterocycles. The first kappa shape index (κ1) is 26.5. The van der Waals surface area contributed by atoms with Gasteiger partial charge in [0.2, 0.25) is 10.0 Å². The van der Waals surface area contributed by atoms with Crippen LogP contribution in [0.25, 0.3) is 11.1 Å². The van der Waals surface area contributed by atoms with Crippen LogP contribution in [0.4, 0.5) is 22.0 Å². The highest BCUT2D eigenvalue weighted by Crippen LogP contribution is 2.41. The summed E-state index contributed by atoms with van der Waals surface area (Å²) in [7, 11) is -4.16. The summed E-state index contributed by atoms with van der Waals surface area (Å²) in [5.74, 6) is -8.72. The topological polar surface area (TPSA) is 86.7 Å². The highest BCUT2D eigenvalue weighted by molar-refractivity contribution is 7.89. The molecule has 2 atom stereocenters. The van der Waals surface area contributed by atoms with Crippen molar-refractivity contribution in [3.05, 3.63) is 59.4 Å². The first-order valence-corrected chi connectivity index (χ1v) is 13.1. The molecule has 1 saturated carbocycles. The number of rotatable bonds is 7. The summed E-state index contributed by atoms with van der Waals surface area (Å²) in [6.45, 7) is 0.0800. The van der Waals surface area contributed by atoms with E-state index in [-0.39, 0.29) is 29.5 Å². The summed E-state index contributed by atoms with van der Waals surface area (Å²) >= 11 is 0. The van der Waals surface area contributed by atoms with Gasteiger partial charge in [-0.2, -0.15) is 0 Å². The van der Waals surface area contributed by atoms with Gasteiger partial charge in [0.25, 0.3) is 11.8 Å². The highest BCUT2D eigenvalue weighted by Gasteiger charge is 2.60. The van der Waals surface area contributed by atoms with Crippen molar-refractivity contribution in [2.75, 3.05) is 12.3 Å². The zero-order valence-electron chi connectivity index (χ0n) is 19.3. The molecule has 2 aromatic carbocycles. The molecular weight excluding hydrogens is 507 g/mol. The third-order valence-corrected chi connectivity index (χ3v) is 8.27. The van der Waals surface area contributed by atoms with E-state index < -0.39 is 75.7 Å². The molecule has 1 amide bonds. The Morgan fingerprint density at radius 3 is 2.28 bits per heavy atom. The fourth-order valence-corrected chi connectivity index (χ4v) is 5.55. The number of carbonyl (C=O) groups excluding carboxylic acids is 1. The lowest BCUT2D eigenvalue weighted by molar-refractivity contribution is -0.162. The lowest BCUT2D eigenvalue weighted by Crippen LogP contribution is -2.57. The number of alkyl halides is 2. The second-order valence-electron chi connectivity index (χ2n) is 9.23. The minimum atomic E-state index is -4.16. The molecule has 1 saturated heterocycles. The Bertz CT molecular complexity index is 1280. The molecule has 2 aliphatic rings. The molecule has 6 nitrogen and oxygen atoms in total. The first-order chi connectivity index (χ1) is 16.8. The van der Waals surface area contributed by atoms with Crippen LogP contribution in [-0.4, -0.2) is 60.2 Å². The van der Waals surface area contributed by atoms with Gasteiger partial charge in [0, 0.05) is 11.1 Å². The van der Waals surface area contributed by atoms with Crippen molar-refractivity contribution in [2.24, 2.45) is 0 Å². The predicted octanol–water partition coefficient (Wildman–Crippen LogP) is 3.38. The monoisotopic (exact) mass is 532 g/mol. The number of hydrogen-bond acceptors (Lipinski definition) is 4. The molecule has 0 aromatic heterocycles. The van der Waals surface area contributed by atoms with Crippen LogP contribution in [0.3, 0.4) is 0 Å². The molecule has 0 spiro atoms. The summed E-state index contributed by atoms with van der Waals surface area (Å²) < 4.78 is 100. The van der Waals surface area contributed by atoms with Gasteiger partial charge in [-0.3, -0.25) is 4.79 Å². The summed E-state index contributed by atoms with van der Waals surface area (Å²) in [5, 5.41) is 10.5. The number of benzene rings is 2. The maximum atomic E-state index is 15.5. The highest BCUT2D eigenvalue weighted by atomic mass is 32.2. The summed E-state index contributed by atoms with van der Waals surface area (Å²) in [5.41, 5.74) is -2.77. The van der Waals surface area contributed by atoms with E-state index in [4.69, 9.17) is 0 Å². The molecular formula is C24H25F5N2O4S. The van der Waals surface area contributed by atoms with E-state index in [0.717, 1.165) is 12.1 Å². The number of nitrogens with zero attached hydrogens (tertiary/aromatic N) is 1. The number of hydrogen-bond donors (Lipinski definition) is 2. The average molecular weight is 533 g/mol. The van der Waals surface area contributed by atoms with Gasteiger partial charge in [-0.1, -0.05) is 30.3 Å². The first-order valence-electron chi connectivity index (χ1n) is 11.4. The van der Waals surface area contributed by atoms with Crippen LogP contribution in [0.2, 0.25) is 0 Å². The van der Waals surface area contributed by atoms with E-state index in [0.29, 0.717) is 11.3 Å². The Balaban J connectivity index is 1.76.